The van der Waals surface area contributed by atoms with Crippen molar-refractivity contribution >= 4 is 29.2 Å². The van der Waals surface area contributed by atoms with Crippen LogP contribution < -0.4 is 11.1 Å². The van der Waals surface area contributed by atoms with Gasteiger partial charge in [-0.1, -0.05) is 5.16 Å². The van der Waals surface area contributed by atoms with Crippen LogP contribution >= 0.6 is 11.8 Å². The minimum Gasteiger partial charge on any atom is -0.409 e. The average molecular weight is 283 g/mol. The highest BCUT2D eigenvalue weighted by molar-refractivity contribution is 7.99. The number of rotatable bonds is 3. The molecule has 0 aromatic heterocycles. The van der Waals surface area contributed by atoms with Crippen LogP contribution in [0.5, 0.6) is 0 Å². The normalized spacial score (nSPS) is 19.4. The Morgan fingerprint density at radius 2 is 2.37 bits per heavy atom. The number of carbonyl (C=O) groups excluding carboxylic acids is 1. The smallest absolute Gasteiger partial charge is 0.228 e. The van der Waals surface area contributed by atoms with Crippen LogP contribution in [0.15, 0.2) is 23.4 Å². The number of amidine groups is 1. The van der Waals surface area contributed by atoms with E-state index < -0.39 is 5.82 Å². The lowest BCUT2D eigenvalue weighted by atomic mass is 10.1. The summed E-state index contributed by atoms with van der Waals surface area (Å²) in [6, 6.07) is 4.01. The molecule has 0 aliphatic carbocycles. The lowest BCUT2D eigenvalue weighted by molar-refractivity contribution is -0.119. The topological polar surface area (TPSA) is 87.7 Å². The SMILES string of the molecule is N/C(=N/O)c1ccc(NC(=O)C2CCSC2)c(F)c1. The fraction of sp³-hybridized carbons (Fsp3) is 0.333. The molecule has 5 nitrogen and oxygen atoms in total. The zero-order valence-electron chi connectivity index (χ0n) is 10.1. The van der Waals surface area contributed by atoms with Crippen LogP contribution in [0.3, 0.4) is 0 Å². The van der Waals surface area contributed by atoms with Gasteiger partial charge in [-0.3, -0.25) is 4.79 Å². The van der Waals surface area contributed by atoms with Gasteiger partial charge in [0.25, 0.3) is 0 Å². The van der Waals surface area contributed by atoms with E-state index >= 15 is 0 Å². The van der Waals surface area contributed by atoms with E-state index in [1.807, 2.05) is 0 Å². The summed E-state index contributed by atoms with van der Waals surface area (Å²) in [6.45, 7) is 0. The number of oxime groups is 1. The molecule has 1 aromatic carbocycles. The summed E-state index contributed by atoms with van der Waals surface area (Å²) in [5, 5.41) is 13.9. The van der Waals surface area contributed by atoms with Gasteiger partial charge in [0.2, 0.25) is 5.91 Å². The largest absolute Gasteiger partial charge is 0.409 e. The number of nitrogens with zero attached hydrogens (tertiary/aromatic N) is 1. The van der Waals surface area contributed by atoms with Crippen molar-refractivity contribution < 1.29 is 14.4 Å². The van der Waals surface area contributed by atoms with Crippen molar-refractivity contribution in [3.63, 3.8) is 0 Å². The molecule has 1 aliphatic rings. The van der Waals surface area contributed by atoms with Gasteiger partial charge in [-0.2, -0.15) is 11.8 Å². The van der Waals surface area contributed by atoms with E-state index in [9.17, 15) is 9.18 Å². The second-order valence-corrected chi connectivity index (χ2v) is 5.38. The molecule has 4 N–H and O–H groups in total. The number of hydrogen-bond acceptors (Lipinski definition) is 4. The fourth-order valence-electron chi connectivity index (χ4n) is 1.81. The third kappa shape index (κ3) is 3.17. The summed E-state index contributed by atoms with van der Waals surface area (Å²) in [4.78, 5) is 11.9. The Morgan fingerprint density at radius 1 is 1.58 bits per heavy atom. The van der Waals surface area contributed by atoms with Gasteiger partial charge in [-0.15, -0.1) is 0 Å². The molecule has 0 bridgehead atoms. The Bertz CT molecular complexity index is 516. The van der Waals surface area contributed by atoms with Gasteiger partial charge in [-0.05, 0) is 30.4 Å². The number of nitrogens with one attached hydrogen (secondary N) is 1. The molecule has 2 rings (SSSR count). The Kier molecular flexibility index (Phi) is 4.26. The molecule has 1 fully saturated rings. The summed E-state index contributed by atoms with van der Waals surface area (Å²) >= 11 is 1.72. The Labute approximate surface area is 114 Å². The minimum atomic E-state index is -0.608. The van der Waals surface area contributed by atoms with E-state index in [2.05, 4.69) is 10.5 Å². The molecule has 1 unspecified atom stereocenters. The molecule has 0 saturated carbocycles. The number of thioether (sulfide) groups is 1. The number of anilines is 1. The van der Waals surface area contributed by atoms with E-state index in [0.717, 1.165) is 24.0 Å². The van der Waals surface area contributed by atoms with Crippen molar-refractivity contribution in [2.45, 2.75) is 6.42 Å². The van der Waals surface area contributed by atoms with Gasteiger partial charge in [-0.25, -0.2) is 4.39 Å². The van der Waals surface area contributed by atoms with Crippen LogP contribution in [-0.2, 0) is 4.79 Å². The van der Waals surface area contributed by atoms with Gasteiger partial charge in [0, 0.05) is 17.2 Å². The third-order valence-electron chi connectivity index (χ3n) is 2.93. The van der Waals surface area contributed by atoms with Crippen molar-refractivity contribution in [3.8, 4) is 0 Å². The van der Waals surface area contributed by atoms with Crippen LogP contribution in [0.1, 0.15) is 12.0 Å². The van der Waals surface area contributed by atoms with Crippen LogP contribution in [0.25, 0.3) is 0 Å². The molecular weight excluding hydrogens is 269 g/mol. The molecule has 102 valence electrons. The Hall–Kier alpha value is -1.76. The van der Waals surface area contributed by atoms with Crippen molar-refractivity contribution in [1.82, 2.24) is 0 Å². The number of hydrogen-bond donors (Lipinski definition) is 3. The molecule has 1 heterocycles. The number of nitrogens with two attached hydrogens (primary N) is 1. The van der Waals surface area contributed by atoms with Gasteiger partial charge in [0.05, 0.1) is 5.69 Å². The molecular formula is C12H14FN3O2S. The summed E-state index contributed by atoms with van der Waals surface area (Å²) < 4.78 is 13.8. The van der Waals surface area contributed by atoms with Crippen molar-refractivity contribution in [2.24, 2.45) is 16.8 Å². The summed E-state index contributed by atoms with van der Waals surface area (Å²) in [5.41, 5.74) is 5.72. The summed E-state index contributed by atoms with van der Waals surface area (Å²) in [6.07, 6.45) is 0.820. The maximum Gasteiger partial charge on any atom is 0.228 e. The number of benzene rings is 1. The zero-order valence-corrected chi connectivity index (χ0v) is 10.9. The molecule has 19 heavy (non-hydrogen) atoms. The van der Waals surface area contributed by atoms with Crippen LogP contribution in [0, 0.1) is 11.7 Å². The van der Waals surface area contributed by atoms with Gasteiger partial charge in [0.15, 0.2) is 5.84 Å². The number of amides is 1. The van der Waals surface area contributed by atoms with E-state index in [0.29, 0.717) is 0 Å². The summed E-state index contributed by atoms with van der Waals surface area (Å²) in [7, 11) is 0. The predicted molar refractivity (Wildman–Crippen MR) is 73.0 cm³/mol. The Balaban J connectivity index is 2.10. The fourth-order valence-corrected chi connectivity index (χ4v) is 3.03. The maximum absolute atomic E-state index is 13.8. The molecule has 1 atom stereocenters. The van der Waals surface area contributed by atoms with E-state index in [-0.39, 0.29) is 28.9 Å². The van der Waals surface area contributed by atoms with Crippen LogP contribution in [0.4, 0.5) is 10.1 Å². The minimum absolute atomic E-state index is 0.0619. The van der Waals surface area contributed by atoms with Crippen molar-refractivity contribution in [2.75, 3.05) is 16.8 Å². The molecule has 0 spiro atoms. The van der Waals surface area contributed by atoms with E-state index in [1.165, 1.54) is 12.1 Å². The molecule has 1 saturated heterocycles. The predicted octanol–water partition coefficient (Wildman–Crippen LogP) is 1.61. The second-order valence-electron chi connectivity index (χ2n) is 4.23. The molecule has 1 amide bonds. The standard InChI is InChI=1S/C12H14FN3O2S/c13-9-5-7(11(14)16-18)1-2-10(9)15-12(17)8-3-4-19-6-8/h1-2,5,8,18H,3-4,6H2,(H2,14,16)(H,15,17). The van der Waals surface area contributed by atoms with Gasteiger partial charge in [0.1, 0.15) is 5.82 Å². The second kappa shape index (κ2) is 5.92. The lowest BCUT2D eigenvalue weighted by Gasteiger charge is -2.11. The summed E-state index contributed by atoms with van der Waals surface area (Å²) in [5.74, 6) is 0.722. The molecule has 7 heteroatoms. The van der Waals surface area contributed by atoms with Crippen LogP contribution in [-0.4, -0.2) is 28.5 Å². The first-order chi connectivity index (χ1) is 9.11. The molecule has 1 aromatic rings. The van der Waals surface area contributed by atoms with Crippen molar-refractivity contribution in [3.05, 3.63) is 29.6 Å². The quantitative estimate of drug-likeness (QED) is 0.340. The molecule has 1 aliphatic heterocycles. The first-order valence-corrected chi connectivity index (χ1v) is 6.93. The first kappa shape index (κ1) is 13.7. The zero-order chi connectivity index (χ0) is 13.8. The molecule has 0 radical (unpaired) electrons. The number of halogens is 1. The Morgan fingerprint density at radius 3 is 2.95 bits per heavy atom. The average Bonchev–Trinajstić information content (AvgIpc) is 2.94. The van der Waals surface area contributed by atoms with E-state index in [4.69, 9.17) is 10.9 Å². The maximum atomic E-state index is 13.8. The van der Waals surface area contributed by atoms with Crippen molar-refractivity contribution in [1.29, 1.82) is 0 Å². The van der Waals surface area contributed by atoms with Gasteiger partial charge < -0.3 is 16.3 Å². The van der Waals surface area contributed by atoms with Gasteiger partial charge >= 0.3 is 0 Å². The monoisotopic (exact) mass is 283 g/mol. The highest BCUT2D eigenvalue weighted by atomic mass is 32.2. The highest BCUT2D eigenvalue weighted by Gasteiger charge is 2.23. The highest BCUT2D eigenvalue weighted by Crippen LogP contribution is 2.25. The van der Waals surface area contributed by atoms with E-state index in [1.54, 1.807) is 11.8 Å². The van der Waals surface area contributed by atoms with Crippen LogP contribution in [0.2, 0.25) is 0 Å². The number of carbonyl (C=O) groups is 1. The first-order valence-electron chi connectivity index (χ1n) is 5.78. The third-order valence-corrected chi connectivity index (χ3v) is 4.09. The lowest BCUT2D eigenvalue weighted by Crippen LogP contribution is -2.23.